The van der Waals surface area contributed by atoms with Crippen LogP contribution in [0.25, 0.3) is 0 Å². The summed E-state index contributed by atoms with van der Waals surface area (Å²) in [6.07, 6.45) is 1.64. The second-order valence-electron chi connectivity index (χ2n) is 4.57. The first kappa shape index (κ1) is 16.1. The van der Waals surface area contributed by atoms with Gasteiger partial charge in [-0.25, -0.2) is 0 Å². The Morgan fingerprint density at radius 2 is 2.05 bits per heavy atom. The zero-order valence-corrected chi connectivity index (χ0v) is 12.2. The lowest BCUT2D eigenvalue weighted by Gasteiger charge is -2.23. The van der Waals surface area contributed by atoms with Gasteiger partial charge in [-0.2, -0.15) is 0 Å². The quantitative estimate of drug-likeness (QED) is 0.696. The molecule has 110 valence electrons. The molecule has 0 saturated carbocycles. The maximum absolute atomic E-state index is 11.9. The van der Waals surface area contributed by atoms with Crippen molar-refractivity contribution in [2.45, 2.75) is 37.5 Å². The highest BCUT2D eigenvalue weighted by Gasteiger charge is 2.21. The maximum Gasteiger partial charge on any atom is 0.306 e. The van der Waals surface area contributed by atoms with Crippen LogP contribution in [0.15, 0.2) is 0 Å². The third kappa shape index (κ3) is 6.15. The summed E-state index contributed by atoms with van der Waals surface area (Å²) in [4.78, 5) is 22.8. The van der Waals surface area contributed by atoms with Crippen LogP contribution in [0.1, 0.15) is 26.2 Å². The summed E-state index contributed by atoms with van der Waals surface area (Å²) >= 11 is 0. The van der Waals surface area contributed by atoms with Crippen LogP contribution in [0.3, 0.4) is 0 Å². The average Bonchev–Trinajstić information content (AvgIpc) is 2.39. The van der Waals surface area contributed by atoms with Gasteiger partial charge in [0.15, 0.2) is 0 Å². The fraction of sp³-hybridized carbons (Fsp3) is 0.833. The molecular weight excluding hydrogens is 270 g/mol. The molecule has 0 bridgehead atoms. The normalized spacial score (nSPS) is 19.5. The first-order valence-corrected chi connectivity index (χ1v) is 7.72. The molecule has 1 aliphatic rings. The van der Waals surface area contributed by atoms with Crippen molar-refractivity contribution in [3.05, 3.63) is 0 Å². The van der Waals surface area contributed by atoms with E-state index in [2.05, 4.69) is 10.1 Å². The van der Waals surface area contributed by atoms with Gasteiger partial charge < -0.3 is 14.8 Å². The molecule has 1 heterocycles. The number of nitrogens with one attached hydrogen (secondary N) is 1. The van der Waals surface area contributed by atoms with Gasteiger partial charge in [-0.05, 0) is 12.8 Å². The van der Waals surface area contributed by atoms with Gasteiger partial charge in [0.2, 0.25) is 5.91 Å². The Labute approximate surface area is 115 Å². The number of carbonyl (C=O) groups excluding carboxylic acids is 2. The Bertz CT molecular complexity index is 341. The number of carbonyl (C=O) groups is 2. The Hall–Kier alpha value is -0.950. The van der Waals surface area contributed by atoms with Crippen molar-refractivity contribution in [3.8, 4) is 0 Å². The van der Waals surface area contributed by atoms with Crippen LogP contribution in [0.4, 0.5) is 0 Å². The van der Waals surface area contributed by atoms with Gasteiger partial charge in [-0.3, -0.25) is 13.8 Å². The van der Waals surface area contributed by atoms with Crippen LogP contribution in [0.5, 0.6) is 0 Å². The minimum absolute atomic E-state index is 0.0632. The lowest BCUT2D eigenvalue weighted by molar-refractivity contribution is -0.140. The molecule has 1 rings (SSSR count). The van der Waals surface area contributed by atoms with Gasteiger partial charge in [0.1, 0.15) is 5.75 Å². The number of esters is 1. The molecule has 0 spiro atoms. The fourth-order valence-electron chi connectivity index (χ4n) is 1.79. The van der Waals surface area contributed by atoms with Gasteiger partial charge in [-0.15, -0.1) is 0 Å². The van der Waals surface area contributed by atoms with Crippen LogP contribution >= 0.6 is 0 Å². The second-order valence-corrected chi connectivity index (χ2v) is 6.43. The lowest BCUT2D eigenvalue weighted by atomic mass is 10.1. The molecule has 19 heavy (non-hydrogen) atoms. The van der Waals surface area contributed by atoms with Crippen molar-refractivity contribution in [3.63, 3.8) is 0 Å². The molecule has 0 aromatic rings. The predicted molar refractivity (Wildman–Crippen MR) is 71.1 cm³/mol. The minimum atomic E-state index is -1.37. The number of ether oxygens (including phenoxy) is 2. The zero-order chi connectivity index (χ0) is 14.3. The highest BCUT2D eigenvalue weighted by molar-refractivity contribution is 7.86. The third-order valence-electron chi connectivity index (χ3n) is 2.99. The molecule has 2 atom stereocenters. The van der Waals surface area contributed by atoms with Crippen molar-refractivity contribution in [2.24, 2.45) is 0 Å². The van der Waals surface area contributed by atoms with Gasteiger partial charge in [-0.1, -0.05) is 6.92 Å². The minimum Gasteiger partial charge on any atom is -0.469 e. The molecular formula is C12H21NO5S. The van der Waals surface area contributed by atoms with Gasteiger partial charge in [0.05, 0.1) is 13.5 Å². The zero-order valence-electron chi connectivity index (χ0n) is 11.3. The van der Waals surface area contributed by atoms with E-state index < -0.39 is 16.8 Å². The van der Waals surface area contributed by atoms with E-state index in [0.29, 0.717) is 13.2 Å². The Kier molecular flexibility index (Phi) is 7.01. The molecule has 1 amide bonds. The van der Waals surface area contributed by atoms with Crippen LogP contribution in [0, 0.1) is 0 Å². The smallest absolute Gasteiger partial charge is 0.306 e. The Balaban J connectivity index is 2.30. The molecule has 0 aliphatic carbocycles. The van der Waals surface area contributed by atoms with E-state index in [4.69, 9.17) is 4.74 Å². The monoisotopic (exact) mass is 291 g/mol. The topological polar surface area (TPSA) is 81.7 Å². The summed E-state index contributed by atoms with van der Waals surface area (Å²) in [6, 6.07) is 0.106. The highest BCUT2D eigenvalue weighted by Crippen LogP contribution is 2.07. The van der Waals surface area contributed by atoms with Crippen LogP contribution in [-0.2, 0) is 29.9 Å². The molecule has 1 aliphatic heterocycles. The summed E-state index contributed by atoms with van der Waals surface area (Å²) in [5.74, 6) is -0.720. The molecule has 7 heteroatoms. The van der Waals surface area contributed by atoms with Crippen LogP contribution in [0.2, 0.25) is 0 Å². The summed E-state index contributed by atoms with van der Waals surface area (Å²) in [5.41, 5.74) is 0. The Morgan fingerprint density at radius 3 is 2.63 bits per heavy atom. The van der Waals surface area contributed by atoms with Crippen molar-refractivity contribution < 1.29 is 23.3 Å². The number of amides is 1. The number of methoxy groups -OCH3 is 1. The summed E-state index contributed by atoms with van der Waals surface area (Å²) in [7, 11) is -0.0780. The molecule has 1 N–H and O–H groups in total. The Morgan fingerprint density at radius 1 is 1.42 bits per heavy atom. The number of rotatable bonds is 6. The van der Waals surface area contributed by atoms with E-state index in [1.165, 1.54) is 7.11 Å². The second kappa shape index (κ2) is 8.27. The molecule has 2 unspecified atom stereocenters. The van der Waals surface area contributed by atoms with Crippen molar-refractivity contribution >= 4 is 22.7 Å². The number of hydrogen-bond acceptors (Lipinski definition) is 5. The fourth-order valence-corrected chi connectivity index (χ4v) is 2.74. The number of hydrogen-bond donors (Lipinski definition) is 1. The van der Waals surface area contributed by atoms with E-state index in [1.807, 2.05) is 0 Å². The molecule has 0 aromatic heterocycles. The standard InChI is InChI=1S/C12H21NO5S/c1-9(7-12(15)17-2)19(16)8-11(14)13-10-3-5-18-6-4-10/h9-10H,3-8H2,1-2H3,(H,13,14). The lowest BCUT2D eigenvalue weighted by Crippen LogP contribution is -2.41. The van der Waals surface area contributed by atoms with Crippen molar-refractivity contribution in [1.29, 1.82) is 0 Å². The van der Waals surface area contributed by atoms with Crippen molar-refractivity contribution in [2.75, 3.05) is 26.1 Å². The molecule has 0 radical (unpaired) electrons. The highest BCUT2D eigenvalue weighted by atomic mass is 32.2. The molecule has 6 nitrogen and oxygen atoms in total. The SMILES string of the molecule is COC(=O)CC(C)S(=O)CC(=O)NC1CCOCC1. The van der Waals surface area contributed by atoms with Crippen LogP contribution in [-0.4, -0.2) is 53.5 Å². The van der Waals surface area contributed by atoms with Crippen molar-refractivity contribution in [1.82, 2.24) is 5.32 Å². The van der Waals surface area contributed by atoms with Gasteiger partial charge in [0.25, 0.3) is 0 Å². The average molecular weight is 291 g/mol. The van der Waals surface area contributed by atoms with E-state index in [1.54, 1.807) is 6.92 Å². The van der Waals surface area contributed by atoms with Gasteiger partial charge in [0, 0.05) is 35.3 Å². The van der Waals surface area contributed by atoms with E-state index >= 15 is 0 Å². The molecule has 1 saturated heterocycles. The van der Waals surface area contributed by atoms with E-state index in [-0.39, 0.29) is 29.4 Å². The first-order valence-electron chi connectivity index (χ1n) is 6.34. The summed E-state index contributed by atoms with van der Waals surface area (Å²) < 4.78 is 21.6. The summed E-state index contributed by atoms with van der Waals surface area (Å²) in [6.45, 7) is 2.97. The largest absolute Gasteiger partial charge is 0.469 e. The van der Waals surface area contributed by atoms with Gasteiger partial charge >= 0.3 is 5.97 Å². The van der Waals surface area contributed by atoms with E-state index in [9.17, 15) is 13.8 Å². The predicted octanol–water partition coefficient (Wildman–Crippen LogP) is -0.0181. The maximum atomic E-state index is 11.9. The first-order chi connectivity index (χ1) is 9.02. The molecule has 0 aromatic carbocycles. The van der Waals surface area contributed by atoms with Crippen LogP contribution < -0.4 is 5.32 Å². The van der Waals surface area contributed by atoms with E-state index in [0.717, 1.165) is 12.8 Å². The summed E-state index contributed by atoms with van der Waals surface area (Å²) in [5, 5.41) is 2.46. The third-order valence-corrected chi connectivity index (χ3v) is 4.60. The molecule has 1 fully saturated rings.